The van der Waals surface area contributed by atoms with Crippen molar-refractivity contribution < 1.29 is 19.3 Å². The summed E-state index contributed by atoms with van der Waals surface area (Å²) >= 11 is 0. The number of fused-ring (bicyclic) bond motifs is 1. The van der Waals surface area contributed by atoms with Gasteiger partial charge in [0.15, 0.2) is 17.6 Å². The van der Waals surface area contributed by atoms with Gasteiger partial charge in [0.25, 0.3) is 0 Å². The number of hydrogen-bond acceptors (Lipinski definition) is 8. The molecule has 4 unspecified atom stereocenters. The minimum atomic E-state index is -1.72. The van der Waals surface area contributed by atoms with Gasteiger partial charge in [-0.15, -0.1) is 5.10 Å². The number of rotatable bonds is 2. The van der Waals surface area contributed by atoms with E-state index in [9.17, 15) is 9.50 Å². The van der Waals surface area contributed by atoms with Crippen molar-refractivity contribution in [2.24, 2.45) is 0 Å². The van der Waals surface area contributed by atoms with Crippen LogP contribution in [0.1, 0.15) is 11.8 Å². The van der Waals surface area contributed by atoms with Gasteiger partial charge in [0.05, 0.1) is 18.5 Å². The number of aliphatic hydroxyl groups excluding tert-OH is 2. The number of hydrogen-bond donors (Lipinski definition) is 4. The van der Waals surface area contributed by atoms with E-state index in [-0.39, 0.29) is 23.1 Å². The Morgan fingerprint density at radius 3 is 2.85 bits per heavy atom. The standard InChI is InChI=1S/C10H13FN6O3/c11-5-6(19)4(2-18)20-7(5)3-1-14-9-8(12)15-10(13)16-17(3)9/h1,4-7,18-19H,2H2,(H4,12,13,15,16). The van der Waals surface area contributed by atoms with Crippen LogP contribution in [0.15, 0.2) is 6.20 Å². The SMILES string of the molecule is Nc1nc(N)c2ncc(C3OC(CO)C(O)C3F)n2n1. The fraction of sp³-hybridized carbons (Fsp3) is 0.500. The quantitative estimate of drug-likeness (QED) is 0.517. The maximum Gasteiger partial charge on any atom is 0.240 e. The van der Waals surface area contributed by atoms with E-state index in [1.165, 1.54) is 10.7 Å². The first-order valence-electron chi connectivity index (χ1n) is 5.88. The molecule has 3 heterocycles. The van der Waals surface area contributed by atoms with E-state index in [1.54, 1.807) is 0 Å². The highest BCUT2D eigenvalue weighted by atomic mass is 19.1. The molecule has 2 aromatic heterocycles. The van der Waals surface area contributed by atoms with E-state index in [1.807, 2.05) is 0 Å². The summed E-state index contributed by atoms with van der Waals surface area (Å²) in [5.74, 6) is -0.0432. The average Bonchev–Trinajstić information content (AvgIpc) is 2.93. The lowest BCUT2D eigenvalue weighted by Gasteiger charge is -2.12. The molecule has 0 amide bonds. The lowest BCUT2D eigenvalue weighted by atomic mass is 10.1. The normalized spacial score (nSPS) is 30.1. The number of nitrogens with zero attached hydrogens (tertiary/aromatic N) is 4. The van der Waals surface area contributed by atoms with Crippen molar-refractivity contribution >= 4 is 17.4 Å². The second kappa shape index (κ2) is 4.51. The topological polar surface area (TPSA) is 145 Å². The van der Waals surface area contributed by atoms with Gasteiger partial charge in [-0.3, -0.25) is 0 Å². The number of nitrogens with two attached hydrogens (primary N) is 2. The molecule has 2 aromatic rings. The molecule has 20 heavy (non-hydrogen) atoms. The van der Waals surface area contributed by atoms with Crippen LogP contribution in [-0.4, -0.2) is 54.8 Å². The molecular formula is C10H13FN6O3. The molecule has 1 fully saturated rings. The van der Waals surface area contributed by atoms with Gasteiger partial charge in [-0.25, -0.2) is 13.9 Å². The number of halogens is 1. The molecule has 0 aliphatic carbocycles. The summed E-state index contributed by atoms with van der Waals surface area (Å²) < 4.78 is 20.6. The van der Waals surface area contributed by atoms with Crippen LogP contribution in [0.25, 0.3) is 5.65 Å². The molecule has 3 rings (SSSR count). The Bertz CT molecular complexity index is 649. The lowest BCUT2D eigenvalue weighted by Crippen LogP contribution is -2.30. The Hall–Kier alpha value is -2.04. The zero-order valence-corrected chi connectivity index (χ0v) is 10.2. The Morgan fingerprint density at radius 1 is 1.45 bits per heavy atom. The van der Waals surface area contributed by atoms with E-state index >= 15 is 0 Å². The number of aromatic nitrogens is 4. The lowest BCUT2D eigenvalue weighted by molar-refractivity contribution is -0.0241. The molecule has 0 radical (unpaired) electrons. The predicted molar refractivity (Wildman–Crippen MR) is 65.2 cm³/mol. The molecule has 6 N–H and O–H groups in total. The first-order valence-corrected chi connectivity index (χ1v) is 5.88. The van der Waals surface area contributed by atoms with Crippen molar-refractivity contribution in [3.05, 3.63) is 11.9 Å². The summed E-state index contributed by atoms with van der Waals surface area (Å²) in [6, 6.07) is 0. The highest BCUT2D eigenvalue weighted by Crippen LogP contribution is 2.35. The number of alkyl halides is 1. The van der Waals surface area contributed by atoms with E-state index in [4.69, 9.17) is 21.3 Å². The second-order valence-electron chi connectivity index (χ2n) is 4.49. The second-order valence-corrected chi connectivity index (χ2v) is 4.49. The van der Waals surface area contributed by atoms with E-state index < -0.39 is 31.1 Å². The first kappa shape index (κ1) is 13.0. The van der Waals surface area contributed by atoms with Crippen molar-refractivity contribution in [1.29, 1.82) is 0 Å². The highest BCUT2D eigenvalue weighted by Gasteiger charge is 2.46. The van der Waals surface area contributed by atoms with Gasteiger partial charge in [0, 0.05) is 0 Å². The Morgan fingerprint density at radius 2 is 2.20 bits per heavy atom. The van der Waals surface area contributed by atoms with Crippen molar-refractivity contribution in [1.82, 2.24) is 19.6 Å². The first-order chi connectivity index (χ1) is 9.52. The van der Waals surface area contributed by atoms with E-state index in [0.717, 1.165) is 0 Å². The molecule has 10 heteroatoms. The summed E-state index contributed by atoms with van der Waals surface area (Å²) in [7, 11) is 0. The third-order valence-corrected chi connectivity index (χ3v) is 3.22. The van der Waals surface area contributed by atoms with Gasteiger partial charge >= 0.3 is 0 Å². The van der Waals surface area contributed by atoms with Gasteiger partial charge in [0.2, 0.25) is 5.95 Å². The molecule has 108 valence electrons. The fourth-order valence-corrected chi connectivity index (χ4v) is 2.24. The van der Waals surface area contributed by atoms with Crippen molar-refractivity contribution in [2.75, 3.05) is 18.1 Å². The van der Waals surface area contributed by atoms with Crippen LogP contribution >= 0.6 is 0 Å². The van der Waals surface area contributed by atoms with E-state index in [2.05, 4.69) is 15.1 Å². The Kier molecular flexibility index (Phi) is 2.92. The summed E-state index contributed by atoms with van der Waals surface area (Å²) in [6.45, 7) is -0.492. The Balaban J connectivity index is 2.07. The molecule has 1 aliphatic rings. The maximum absolute atomic E-state index is 14.1. The molecule has 0 spiro atoms. The molecule has 0 saturated carbocycles. The van der Waals surface area contributed by atoms with E-state index in [0.29, 0.717) is 0 Å². The summed E-state index contributed by atoms with van der Waals surface area (Å²) in [5.41, 5.74) is 11.6. The molecule has 4 atom stereocenters. The van der Waals surface area contributed by atoms with Crippen molar-refractivity contribution in [3.63, 3.8) is 0 Å². The third-order valence-electron chi connectivity index (χ3n) is 3.22. The summed E-state index contributed by atoms with van der Waals surface area (Å²) in [6.07, 6.45) is -3.94. The largest absolute Gasteiger partial charge is 0.394 e. The molecular weight excluding hydrogens is 271 g/mol. The van der Waals surface area contributed by atoms with Crippen LogP contribution in [0.2, 0.25) is 0 Å². The minimum absolute atomic E-state index is 0.0522. The highest BCUT2D eigenvalue weighted by molar-refractivity contribution is 5.60. The van der Waals surface area contributed by atoms with Crippen LogP contribution in [-0.2, 0) is 4.74 Å². The predicted octanol–water partition coefficient (Wildman–Crippen LogP) is -1.58. The smallest absolute Gasteiger partial charge is 0.240 e. The van der Waals surface area contributed by atoms with Gasteiger partial charge in [-0.05, 0) is 0 Å². The van der Waals surface area contributed by atoms with Gasteiger partial charge in [-0.2, -0.15) is 4.98 Å². The monoisotopic (exact) mass is 284 g/mol. The summed E-state index contributed by atoms with van der Waals surface area (Å²) in [4.78, 5) is 7.72. The van der Waals surface area contributed by atoms with Crippen LogP contribution in [0.5, 0.6) is 0 Å². The van der Waals surface area contributed by atoms with Crippen LogP contribution < -0.4 is 11.5 Å². The number of imidazole rings is 1. The molecule has 1 aliphatic heterocycles. The minimum Gasteiger partial charge on any atom is -0.394 e. The average molecular weight is 284 g/mol. The van der Waals surface area contributed by atoms with Crippen molar-refractivity contribution in [2.45, 2.75) is 24.5 Å². The molecule has 0 bridgehead atoms. The number of ether oxygens (including phenoxy) is 1. The third kappa shape index (κ3) is 1.77. The molecule has 0 aromatic carbocycles. The molecule has 9 nitrogen and oxygen atoms in total. The number of anilines is 2. The number of aliphatic hydroxyl groups is 2. The fourth-order valence-electron chi connectivity index (χ4n) is 2.24. The number of nitrogen functional groups attached to an aromatic ring is 2. The Labute approximate surface area is 112 Å². The van der Waals surface area contributed by atoms with Crippen LogP contribution in [0, 0.1) is 0 Å². The van der Waals surface area contributed by atoms with Gasteiger partial charge in [0.1, 0.15) is 18.3 Å². The van der Waals surface area contributed by atoms with Crippen molar-refractivity contribution in [3.8, 4) is 0 Å². The zero-order chi connectivity index (χ0) is 14.4. The van der Waals surface area contributed by atoms with Crippen LogP contribution in [0.3, 0.4) is 0 Å². The zero-order valence-electron chi connectivity index (χ0n) is 10.2. The van der Waals surface area contributed by atoms with Crippen LogP contribution in [0.4, 0.5) is 16.2 Å². The summed E-state index contributed by atoms with van der Waals surface area (Å²) in [5, 5.41) is 22.6. The maximum atomic E-state index is 14.1. The molecule has 1 saturated heterocycles. The van der Waals surface area contributed by atoms with Gasteiger partial charge in [-0.1, -0.05) is 0 Å². The van der Waals surface area contributed by atoms with Gasteiger partial charge < -0.3 is 26.4 Å².